The van der Waals surface area contributed by atoms with E-state index in [4.69, 9.17) is 10.00 Å². The van der Waals surface area contributed by atoms with Gasteiger partial charge in [0.2, 0.25) is 11.8 Å². The lowest BCUT2D eigenvalue weighted by molar-refractivity contribution is -0.130. The van der Waals surface area contributed by atoms with Crippen LogP contribution in [0, 0.1) is 11.3 Å². The minimum Gasteiger partial charge on any atom is -0.480 e. The van der Waals surface area contributed by atoms with E-state index in [1.807, 2.05) is 6.07 Å². The van der Waals surface area contributed by atoms with Gasteiger partial charge in [0.1, 0.15) is 6.54 Å². The fourth-order valence-corrected chi connectivity index (χ4v) is 1.24. The largest absolute Gasteiger partial charge is 0.480 e. The molecule has 0 atom stereocenters. The molecule has 0 aliphatic rings. The molecule has 1 aromatic rings. The van der Waals surface area contributed by atoms with Gasteiger partial charge in [-0.25, -0.2) is 4.68 Å². The molecule has 0 bridgehead atoms. The fraction of sp³-hybridized carbons (Fsp3) is 0.455. The van der Waals surface area contributed by atoms with Crippen molar-refractivity contribution in [2.45, 2.75) is 13.0 Å². The van der Waals surface area contributed by atoms with Crippen molar-refractivity contribution in [1.82, 2.24) is 14.7 Å². The number of nitriles is 1. The molecule has 7 nitrogen and oxygen atoms in total. The van der Waals surface area contributed by atoms with Gasteiger partial charge in [0.15, 0.2) is 0 Å². The van der Waals surface area contributed by atoms with Gasteiger partial charge in [-0.1, -0.05) is 0 Å². The Balaban J connectivity index is 2.75. The minimum absolute atomic E-state index is 0.169. The van der Waals surface area contributed by atoms with Gasteiger partial charge in [-0.2, -0.15) is 5.26 Å². The van der Waals surface area contributed by atoms with Crippen molar-refractivity contribution >= 4 is 5.91 Å². The molecule has 0 fully saturated rings. The van der Waals surface area contributed by atoms with E-state index in [0.717, 1.165) is 4.68 Å². The van der Waals surface area contributed by atoms with Crippen molar-refractivity contribution in [1.29, 1.82) is 5.26 Å². The first-order chi connectivity index (χ1) is 8.58. The molecule has 1 aromatic heterocycles. The lowest BCUT2D eigenvalue weighted by atomic mass is 10.4. The summed E-state index contributed by atoms with van der Waals surface area (Å²) in [6.07, 6.45) is 0.253. The van der Waals surface area contributed by atoms with E-state index in [1.165, 1.54) is 24.1 Å². The Morgan fingerprint density at radius 1 is 1.61 bits per heavy atom. The van der Waals surface area contributed by atoms with E-state index in [1.54, 1.807) is 7.05 Å². The molecule has 0 saturated heterocycles. The van der Waals surface area contributed by atoms with Gasteiger partial charge in [-0.05, 0) is 0 Å². The van der Waals surface area contributed by atoms with Crippen molar-refractivity contribution in [2.75, 3.05) is 20.7 Å². The Bertz CT molecular complexity index is 518. The average molecular weight is 250 g/mol. The normalized spacial score (nSPS) is 9.61. The summed E-state index contributed by atoms with van der Waals surface area (Å²) in [6.45, 7) is 0.159. The number of carbonyl (C=O) groups excluding carboxylic acids is 1. The Morgan fingerprint density at radius 3 is 2.94 bits per heavy atom. The summed E-state index contributed by atoms with van der Waals surface area (Å²) in [4.78, 5) is 24.6. The van der Waals surface area contributed by atoms with Gasteiger partial charge < -0.3 is 9.64 Å². The molecule has 0 saturated carbocycles. The fourth-order valence-electron chi connectivity index (χ4n) is 1.24. The Kier molecular flexibility index (Phi) is 4.87. The highest BCUT2D eigenvalue weighted by Gasteiger charge is 2.11. The molecule has 7 heteroatoms. The highest BCUT2D eigenvalue weighted by Crippen LogP contribution is 1.99. The Morgan fingerprint density at radius 2 is 2.33 bits per heavy atom. The van der Waals surface area contributed by atoms with E-state index in [0.29, 0.717) is 6.54 Å². The van der Waals surface area contributed by atoms with Crippen LogP contribution >= 0.6 is 0 Å². The third-order valence-electron chi connectivity index (χ3n) is 2.32. The predicted molar refractivity (Wildman–Crippen MR) is 62.9 cm³/mol. The van der Waals surface area contributed by atoms with Gasteiger partial charge in [0.05, 0.1) is 19.6 Å². The highest BCUT2D eigenvalue weighted by molar-refractivity contribution is 5.75. The second-order valence-corrected chi connectivity index (χ2v) is 3.59. The number of methoxy groups -OCH3 is 1. The average Bonchev–Trinajstić information content (AvgIpc) is 2.38. The summed E-state index contributed by atoms with van der Waals surface area (Å²) in [6, 6.07) is 4.67. The first-order valence-corrected chi connectivity index (χ1v) is 5.31. The summed E-state index contributed by atoms with van der Waals surface area (Å²) in [7, 11) is 3.00. The maximum Gasteiger partial charge on any atom is 0.267 e. The quantitative estimate of drug-likeness (QED) is 0.711. The molecular formula is C11H14N4O3. The molecule has 0 aliphatic heterocycles. The molecule has 18 heavy (non-hydrogen) atoms. The summed E-state index contributed by atoms with van der Waals surface area (Å²) in [5.74, 6) is -0.0184. The number of likely N-dealkylation sites (N-methyl/N-ethyl adjacent to an activating group) is 1. The minimum atomic E-state index is -0.377. The smallest absolute Gasteiger partial charge is 0.267 e. The zero-order chi connectivity index (χ0) is 13.5. The zero-order valence-corrected chi connectivity index (χ0v) is 10.3. The van der Waals surface area contributed by atoms with E-state index in [2.05, 4.69) is 5.10 Å². The number of hydrogen-bond acceptors (Lipinski definition) is 5. The Hall–Kier alpha value is -2.36. The van der Waals surface area contributed by atoms with Crippen LogP contribution in [0.3, 0.4) is 0 Å². The third-order valence-corrected chi connectivity index (χ3v) is 2.32. The zero-order valence-electron chi connectivity index (χ0n) is 10.3. The van der Waals surface area contributed by atoms with Crippen LogP contribution in [0.2, 0.25) is 0 Å². The SMILES string of the molecule is COc1ccc(=O)n(CC(=O)N(C)CCC#N)n1. The van der Waals surface area contributed by atoms with Gasteiger partial charge >= 0.3 is 0 Å². The number of ether oxygens (including phenoxy) is 1. The van der Waals surface area contributed by atoms with E-state index >= 15 is 0 Å². The third kappa shape index (κ3) is 3.59. The van der Waals surface area contributed by atoms with Crippen LogP contribution in [0.4, 0.5) is 0 Å². The first kappa shape index (κ1) is 13.7. The summed E-state index contributed by atoms with van der Waals surface area (Å²) >= 11 is 0. The topological polar surface area (TPSA) is 88.2 Å². The van der Waals surface area contributed by atoms with Crippen LogP contribution in [0.15, 0.2) is 16.9 Å². The number of carbonyl (C=O) groups is 1. The maximum absolute atomic E-state index is 11.7. The summed E-state index contributed by atoms with van der Waals surface area (Å²) < 4.78 is 5.91. The second kappa shape index (κ2) is 6.39. The Labute approximate surface area is 104 Å². The molecule has 1 amide bonds. The molecule has 0 radical (unpaired) electrons. The van der Waals surface area contributed by atoms with Gasteiger partial charge in [-0.3, -0.25) is 9.59 Å². The van der Waals surface area contributed by atoms with Crippen LogP contribution in [-0.2, 0) is 11.3 Å². The lowest BCUT2D eigenvalue weighted by Gasteiger charge is -2.15. The number of nitrogens with zero attached hydrogens (tertiary/aromatic N) is 4. The van der Waals surface area contributed by atoms with Crippen molar-refractivity contribution in [3.8, 4) is 11.9 Å². The standard InChI is InChI=1S/C11H14N4O3/c1-14(7-3-6-12)11(17)8-15-10(16)5-4-9(13-15)18-2/h4-5H,3,7-8H2,1-2H3. The number of amides is 1. The second-order valence-electron chi connectivity index (χ2n) is 3.59. The molecule has 1 heterocycles. The van der Waals surface area contributed by atoms with Crippen LogP contribution < -0.4 is 10.3 Å². The first-order valence-electron chi connectivity index (χ1n) is 5.31. The van der Waals surface area contributed by atoms with Crippen molar-refractivity contribution in [3.63, 3.8) is 0 Å². The molecule has 1 rings (SSSR count). The van der Waals surface area contributed by atoms with E-state index < -0.39 is 0 Å². The monoisotopic (exact) mass is 250 g/mol. The molecule has 0 aromatic carbocycles. The van der Waals surface area contributed by atoms with Crippen LogP contribution in [0.5, 0.6) is 5.88 Å². The van der Waals surface area contributed by atoms with Gasteiger partial charge in [-0.15, -0.1) is 5.10 Å². The van der Waals surface area contributed by atoms with Crippen LogP contribution in [0.25, 0.3) is 0 Å². The summed E-state index contributed by atoms with van der Waals surface area (Å²) in [5.41, 5.74) is -0.377. The predicted octanol–water partition coefficient (Wildman–Crippen LogP) is -0.376. The highest BCUT2D eigenvalue weighted by atomic mass is 16.5. The number of rotatable bonds is 5. The molecule has 0 unspecified atom stereocenters. The lowest BCUT2D eigenvalue weighted by Crippen LogP contribution is -2.35. The maximum atomic E-state index is 11.7. The molecule has 0 aliphatic carbocycles. The van der Waals surface area contributed by atoms with E-state index in [9.17, 15) is 9.59 Å². The summed E-state index contributed by atoms with van der Waals surface area (Å²) in [5, 5.41) is 12.3. The van der Waals surface area contributed by atoms with Gasteiger partial charge in [0, 0.05) is 25.7 Å². The van der Waals surface area contributed by atoms with Crippen molar-refractivity contribution < 1.29 is 9.53 Å². The van der Waals surface area contributed by atoms with Crippen molar-refractivity contribution in [2.24, 2.45) is 0 Å². The molecular weight excluding hydrogens is 236 g/mol. The molecule has 0 spiro atoms. The van der Waals surface area contributed by atoms with Crippen LogP contribution in [0.1, 0.15) is 6.42 Å². The molecule has 96 valence electrons. The molecule has 0 N–H and O–H groups in total. The number of aromatic nitrogens is 2. The van der Waals surface area contributed by atoms with Gasteiger partial charge in [0.25, 0.3) is 5.56 Å². The van der Waals surface area contributed by atoms with E-state index in [-0.39, 0.29) is 30.3 Å². The van der Waals surface area contributed by atoms with Crippen LogP contribution in [-0.4, -0.2) is 41.3 Å². The van der Waals surface area contributed by atoms with Crippen molar-refractivity contribution in [3.05, 3.63) is 22.5 Å². The number of hydrogen-bond donors (Lipinski definition) is 0.